The van der Waals surface area contributed by atoms with Gasteiger partial charge in [-0.25, -0.2) is 5.48 Å². The van der Waals surface area contributed by atoms with Crippen LogP contribution in [0.2, 0.25) is 0 Å². The average molecular weight is 342 g/mol. The number of carbonyl (C=O) groups excluding carboxylic acids is 1. The van der Waals surface area contributed by atoms with Crippen molar-refractivity contribution in [3.8, 4) is 0 Å². The smallest absolute Gasteiger partial charge is 0.274 e. The van der Waals surface area contributed by atoms with E-state index in [9.17, 15) is 4.79 Å². The Kier molecular flexibility index (Phi) is 4.59. The first-order valence-corrected chi connectivity index (χ1v) is 9.82. The predicted molar refractivity (Wildman–Crippen MR) is 97.2 cm³/mol. The SMILES string of the molecule is CC(CC12CC3CC(CC(C3)C1)C2)NCc1ccc(C(=O)NO)cc1. The fraction of sp³-hybridized carbons (Fsp3) is 0.667. The molecule has 0 aliphatic heterocycles. The van der Waals surface area contributed by atoms with Crippen molar-refractivity contribution in [2.24, 2.45) is 23.2 Å². The zero-order valence-electron chi connectivity index (χ0n) is 15.1. The quantitative estimate of drug-likeness (QED) is 0.543. The minimum atomic E-state index is -0.463. The van der Waals surface area contributed by atoms with Crippen molar-refractivity contribution in [2.45, 2.75) is 64.5 Å². The van der Waals surface area contributed by atoms with Crippen molar-refractivity contribution >= 4 is 5.91 Å². The zero-order chi connectivity index (χ0) is 17.4. The highest BCUT2D eigenvalue weighted by Crippen LogP contribution is 2.61. The highest BCUT2D eigenvalue weighted by atomic mass is 16.5. The first kappa shape index (κ1) is 17.0. The summed E-state index contributed by atoms with van der Waals surface area (Å²) in [7, 11) is 0. The highest BCUT2D eigenvalue weighted by Gasteiger charge is 2.50. The molecule has 4 fully saturated rings. The van der Waals surface area contributed by atoms with Crippen LogP contribution in [0.25, 0.3) is 0 Å². The van der Waals surface area contributed by atoms with E-state index < -0.39 is 5.91 Å². The van der Waals surface area contributed by atoms with E-state index >= 15 is 0 Å². The summed E-state index contributed by atoms with van der Waals surface area (Å²) in [6.07, 6.45) is 10.2. The molecule has 25 heavy (non-hydrogen) atoms. The fourth-order valence-electron chi connectivity index (χ4n) is 6.39. The Bertz CT molecular complexity index is 590. The molecule has 1 aromatic rings. The first-order valence-electron chi connectivity index (χ1n) is 9.82. The Morgan fingerprint density at radius 3 is 2.20 bits per heavy atom. The number of nitrogens with one attached hydrogen (secondary N) is 2. The van der Waals surface area contributed by atoms with Gasteiger partial charge in [-0.2, -0.15) is 0 Å². The predicted octanol–water partition coefficient (Wildman–Crippen LogP) is 3.89. The molecule has 1 atom stereocenters. The van der Waals surface area contributed by atoms with Gasteiger partial charge in [0, 0.05) is 18.2 Å². The molecule has 1 amide bonds. The largest absolute Gasteiger partial charge is 0.310 e. The molecule has 4 aliphatic rings. The number of amides is 1. The molecule has 4 heteroatoms. The van der Waals surface area contributed by atoms with E-state index in [4.69, 9.17) is 5.21 Å². The van der Waals surface area contributed by atoms with Gasteiger partial charge in [0.15, 0.2) is 0 Å². The Hall–Kier alpha value is -1.39. The van der Waals surface area contributed by atoms with Gasteiger partial charge in [-0.05, 0) is 92.7 Å². The molecule has 0 saturated heterocycles. The summed E-state index contributed by atoms with van der Waals surface area (Å²) in [5, 5.41) is 12.4. The second kappa shape index (κ2) is 6.73. The van der Waals surface area contributed by atoms with Crippen molar-refractivity contribution in [1.29, 1.82) is 0 Å². The van der Waals surface area contributed by atoms with Crippen LogP contribution in [0.15, 0.2) is 24.3 Å². The lowest BCUT2D eigenvalue weighted by molar-refractivity contribution is -0.0612. The molecule has 136 valence electrons. The number of carbonyl (C=O) groups is 1. The van der Waals surface area contributed by atoms with Gasteiger partial charge < -0.3 is 5.32 Å². The normalized spacial score (nSPS) is 34.1. The molecule has 4 bridgehead atoms. The van der Waals surface area contributed by atoms with Gasteiger partial charge in [0.2, 0.25) is 0 Å². The van der Waals surface area contributed by atoms with Crippen molar-refractivity contribution in [3.63, 3.8) is 0 Å². The molecule has 5 rings (SSSR count). The molecule has 0 spiro atoms. The van der Waals surface area contributed by atoms with Gasteiger partial charge >= 0.3 is 0 Å². The molecule has 3 N–H and O–H groups in total. The van der Waals surface area contributed by atoms with Crippen molar-refractivity contribution in [2.75, 3.05) is 0 Å². The Morgan fingerprint density at radius 1 is 1.12 bits per heavy atom. The van der Waals surface area contributed by atoms with Crippen LogP contribution >= 0.6 is 0 Å². The topological polar surface area (TPSA) is 61.4 Å². The van der Waals surface area contributed by atoms with E-state index in [1.54, 1.807) is 17.6 Å². The third-order valence-electron chi connectivity index (χ3n) is 6.88. The number of benzene rings is 1. The number of rotatable bonds is 6. The van der Waals surface area contributed by atoms with Gasteiger partial charge in [-0.3, -0.25) is 10.0 Å². The lowest BCUT2D eigenvalue weighted by Crippen LogP contribution is -2.48. The summed E-state index contributed by atoms with van der Waals surface area (Å²) in [6.45, 7) is 3.15. The van der Waals surface area contributed by atoms with Gasteiger partial charge in [0.1, 0.15) is 0 Å². The zero-order valence-corrected chi connectivity index (χ0v) is 15.1. The Morgan fingerprint density at radius 2 is 1.68 bits per heavy atom. The van der Waals surface area contributed by atoms with Crippen LogP contribution < -0.4 is 10.8 Å². The maximum atomic E-state index is 11.4. The molecule has 1 unspecified atom stereocenters. The molecular formula is C21H30N2O2. The Labute approximate surface area is 150 Å². The van der Waals surface area contributed by atoms with Crippen LogP contribution in [0.1, 0.15) is 67.8 Å². The summed E-state index contributed by atoms with van der Waals surface area (Å²) in [4.78, 5) is 11.4. The molecule has 1 aromatic carbocycles. The molecule has 4 aliphatic carbocycles. The van der Waals surface area contributed by atoms with E-state index in [1.165, 1.54) is 50.5 Å². The minimum Gasteiger partial charge on any atom is -0.310 e. The van der Waals surface area contributed by atoms with Crippen LogP contribution in [0.3, 0.4) is 0 Å². The summed E-state index contributed by atoms with van der Waals surface area (Å²) in [5.74, 6) is 2.59. The second-order valence-corrected chi connectivity index (χ2v) is 9.04. The molecule has 4 nitrogen and oxygen atoms in total. The van der Waals surface area contributed by atoms with Gasteiger partial charge in [-0.15, -0.1) is 0 Å². The fourth-order valence-corrected chi connectivity index (χ4v) is 6.39. The number of hydrogen-bond donors (Lipinski definition) is 3. The van der Waals surface area contributed by atoms with E-state index in [0.717, 1.165) is 24.3 Å². The van der Waals surface area contributed by atoms with Crippen LogP contribution in [0.5, 0.6) is 0 Å². The van der Waals surface area contributed by atoms with Crippen molar-refractivity contribution in [1.82, 2.24) is 10.8 Å². The van der Waals surface area contributed by atoms with Crippen molar-refractivity contribution in [3.05, 3.63) is 35.4 Å². The lowest BCUT2D eigenvalue weighted by Gasteiger charge is -2.57. The van der Waals surface area contributed by atoms with Crippen molar-refractivity contribution < 1.29 is 10.0 Å². The Balaban J connectivity index is 1.31. The molecule has 0 aromatic heterocycles. The second-order valence-electron chi connectivity index (χ2n) is 9.04. The first-order chi connectivity index (χ1) is 12.0. The standard InChI is InChI=1S/C21H30N2O2/c1-14(22-13-15-2-4-19(5-3-15)20(24)23-25)9-21-10-16-6-17(11-21)8-18(7-16)12-21/h2-5,14,16-18,22,25H,6-13H2,1H3,(H,23,24). The van der Waals surface area contributed by atoms with E-state index in [-0.39, 0.29) is 0 Å². The van der Waals surface area contributed by atoms with E-state index in [1.807, 2.05) is 12.1 Å². The van der Waals surface area contributed by atoms with Gasteiger partial charge in [0.05, 0.1) is 0 Å². The summed E-state index contributed by atoms with van der Waals surface area (Å²) in [5.41, 5.74) is 3.94. The number of hydroxylamine groups is 1. The molecule has 4 saturated carbocycles. The maximum Gasteiger partial charge on any atom is 0.274 e. The highest BCUT2D eigenvalue weighted by molar-refractivity contribution is 5.93. The third kappa shape index (κ3) is 3.61. The van der Waals surface area contributed by atoms with E-state index in [0.29, 0.717) is 17.0 Å². The summed E-state index contributed by atoms with van der Waals surface area (Å²) in [6, 6.07) is 7.94. The van der Waals surface area contributed by atoms with Crippen LogP contribution in [0.4, 0.5) is 0 Å². The maximum absolute atomic E-state index is 11.4. The molecule has 0 radical (unpaired) electrons. The number of hydrogen-bond acceptors (Lipinski definition) is 3. The monoisotopic (exact) mass is 342 g/mol. The average Bonchev–Trinajstić information content (AvgIpc) is 2.58. The third-order valence-corrected chi connectivity index (χ3v) is 6.88. The van der Waals surface area contributed by atoms with Crippen LogP contribution in [-0.2, 0) is 6.54 Å². The lowest BCUT2D eigenvalue weighted by atomic mass is 9.48. The van der Waals surface area contributed by atoms with Gasteiger partial charge in [0.25, 0.3) is 5.91 Å². The molecule has 0 heterocycles. The minimum absolute atomic E-state index is 0.463. The van der Waals surface area contributed by atoms with Gasteiger partial charge in [-0.1, -0.05) is 12.1 Å². The van der Waals surface area contributed by atoms with E-state index in [2.05, 4.69) is 12.2 Å². The van der Waals surface area contributed by atoms with Crippen LogP contribution in [0, 0.1) is 23.2 Å². The van der Waals surface area contributed by atoms with Crippen LogP contribution in [-0.4, -0.2) is 17.2 Å². The summed E-state index contributed by atoms with van der Waals surface area (Å²) < 4.78 is 0. The molecular weight excluding hydrogens is 312 g/mol. The summed E-state index contributed by atoms with van der Waals surface area (Å²) >= 11 is 0.